The fourth-order valence-electron chi connectivity index (χ4n) is 1.25. The average Bonchev–Trinajstić information content (AvgIpc) is 2.46. The van der Waals surface area contributed by atoms with Gasteiger partial charge in [-0.3, -0.25) is 0 Å². The van der Waals surface area contributed by atoms with E-state index in [1.807, 2.05) is 19.1 Å². The van der Waals surface area contributed by atoms with Crippen LogP contribution in [0.1, 0.15) is 12.7 Å². The summed E-state index contributed by atoms with van der Waals surface area (Å²) in [4.78, 5) is 0. The first kappa shape index (κ1) is 7.22. The van der Waals surface area contributed by atoms with Gasteiger partial charge in [-0.15, -0.1) is 0 Å². The number of phenolic OH excluding ortho intramolecular Hbond substituents is 1. The van der Waals surface area contributed by atoms with E-state index in [1.54, 1.807) is 12.1 Å². The van der Waals surface area contributed by atoms with E-state index in [0.29, 0.717) is 0 Å². The molecule has 1 N–H and O–H groups in total. The van der Waals surface area contributed by atoms with Gasteiger partial charge in [-0.1, -0.05) is 6.92 Å². The van der Waals surface area contributed by atoms with Crippen LogP contribution in [0.15, 0.2) is 28.7 Å². The summed E-state index contributed by atoms with van der Waals surface area (Å²) in [5.41, 5.74) is 0.756. The Morgan fingerprint density at radius 3 is 2.92 bits per heavy atom. The van der Waals surface area contributed by atoms with Crippen molar-refractivity contribution in [1.29, 1.82) is 0 Å². The van der Waals surface area contributed by atoms with Crippen LogP contribution in [0.2, 0.25) is 0 Å². The molecule has 0 atom stereocenters. The van der Waals surface area contributed by atoms with Crippen molar-refractivity contribution in [1.82, 2.24) is 0 Å². The van der Waals surface area contributed by atoms with Crippen molar-refractivity contribution in [3.05, 3.63) is 30.0 Å². The SMILES string of the molecule is CCc1cc2ccc(O)cc2o1. The van der Waals surface area contributed by atoms with Crippen LogP contribution < -0.4 is 0 Å². The fourth-order valence-corrected chi connectivity index (χ4v) is 1.25. The molecule has 2 heteroatoms. The molecule has 0 aliphatic heterocycles. The smallest absolute Gasteiger partial charge is 0.137 e. The summed E-state index contributed by atoms with van der Waals surface area (Å²) in [5.74, 6) is 1.20. The summed E-state index contributed by atoms with van der Waals surface area (Å²) >= 11 is 0. The molecule has 2 nitrogen and oxygen atoms in total. The number of benzene rings is 1. The van der Waals surface area contributed by atoms with Crippen LogP contribution in [-0.2, 0) is 6.42 Å². The van der Waals surface area contributed by atoms with Crippen LogP contribution in [0, 0.1) is 0 Å². The highest BCUT2D eigenvalue weighted by atomic mass is 16.3. The van der Waals surface area contributed by atoms with Crippen molar-refractivity contribution < 1.29 is 9.52 Å². The molecule has 0 aliphatic carbocycles. The molecular weight excluding hydrogens is 152 g/mol. The molecule has 0 aliphatic rings. The van der Waals surface area contributed by atoms with E-state index in [9.17, 15) is 0 Å². The zero-order valence-electron chi connectivity index (χ0n) is 6.87. The highest BCUT2D eigenvalue weighted by Crippen LogP contribution is 2.23. The molecule has 0 amide bonds. The molecule has 2 aromatic rings. The predicted molar refractivity (Wildman–Crippen MR) is 47.3 cm³/mol. The molecule has 12 heavy (non-hydrogen) atoms. The van der Waals surface area contributed by atoms with E-state index >= 15 is 0 Å². The average molecular weight is 162 g/mol. The van der Waals surface area contributed by atoms with Gasteiger partial charge < -0.3 is 9.52 Å². The van der Waals surface area contributed by atoms with Gasteiger partial charge in [-0.25, -0.2) is 0 Å². The second kappa shape index (κ2) is 2.55. The molecule has 0 spiro atoms. The zero-order valence-corrected chi connectivity index (χ0v) is 6.87. The van der Waals surface area contributed by atoms with Crippen molar-refractivity contribution in [2.45, 2.75) is 13.3 Å². The Hall–Kier alpha value is -1.44. The summed E-state index contributed by atoms with van der Waals surface area (Å²) in [6.07, 6.45) is 0.884. The standard InChI is InChI=1S/C10H10O2/c1-2-9-5-7-3-4-8(11)6-10(7)12-9/h3-6,11H,2H2,1H3. The van der Waals surface area contributed by atoms with Gasteiger partial charge in [-0.05, 0) is 18.2 Å². The van der Waals surface area contributed by atoms with E-state index in [-0.39, 0.29) is 5.75 Å². The number of hydrogen-bond acceptors (Lipinski definition) is 2. The van der Waals surface area contributed by atoms with Crippen molar-refractivity contribution in [3.63, 3.8) is 0 Å². The highest BCUT2D eigenvalue weighted by molar-refractivity contribution is 5.79. The minimum absolute atomic E-state index is 0.250. The second-order valence-electron chi connectivity index (χ2n) is 2.79. The Kier molecular flexibility index (Phi) is 1.54. The molecule has 0 saturated carbocycles. The van der Waals surface area contributed by atoms with Crippen LogP contribution in [0.4, 0.5) is 0 Å². The normalized spacial score (nSPS) is 10.8. The molecule has 0 saturated heterocycles. The first-order valence-electron chi connectivity index (χ1n) is 4.01. The Morgan fingerprint density at radius 2 is 2.17 bits per heavy atom. The number of aryl methyl sites for hydroxylation is 1. The quantitative estimate of drug-likeness (QED) is 0.699. The summed E-state index contributed by atoms with van der Waals surface area (Å²) in [6.45, 7) is 2.04. The second-order valence-corrected chi connectivity index (χ2v) is 2.79. The Bertz CT molecular complexity index is 401. The van der Waals surface area contributed by atoms with E-state index in [1.165, 1.54) is 0 Å². The highest BCUT2D eigenvalue weighted by Gasteiger charge is 2.01. The van der Waals surface area contributed by atoms with Gasteiger partial charge in [0, 0.05) is 17.9 Å². The van der Waals surface area contributed by atoms with Crippen molar-refractivity contribution in [2.24, 2.45) is 0 Å². The molecular formula is C10H10O2. The first-order chi connectivity index (χ1) is 5.79. The summed E-state index contributed by atoms with van der Waals surface area (Å²) in [5, 5.41) is 10.2. The topological polar surface area (TPSA) is 33.4 Å². The largest absolute Gasteiger partial charge is 0.508 e. The van der Waals surface area contributed by atoms with Gasteiger partial charge in [0.25, 0.3) is 0 Å². The lowest BCUT2D eigenvalue weighted by molar-refractivity contribution is 0.473. The van der Waals surface area contributed by atoms with Gasteiger partial charge in [0.05, 0.1) is 0 Å². The molecule has 1 aromatic carbocycles. The lowest BCUT2D eigenvalue weighted by atomic mass is 10.2. The molecule has 0 fully saturated rings. The predicted octanol–water partition coefficient (Wildman–Crippen LogP) is 2.70. The van der Waals surface area contributed by atoms with Crippen molar-refractivity contribution in [3.8, 4) is 5.75 Å². The minimum atomic E-state index is 0.250. The van der Waals surface area contributed by atoms with Gasteiger partial charge in [0.2, 0.25) is 0 Å². The van der Waals surface area contributed by atoms with Crippen LogP contribution in [0.3, 0.4) is 0 Å². The monoisotopic (exact) mass is 162 g/mol. The van der Waals surface area contributed by atoms with Crippen LogP contribution >= 0.6 is 0 Å². The van der Waals surface area contributed by atoms with Crippen LogP contribution in [0.25, 0.3) is 11.0 Å². The lowest BCUT2D eigenvalue weighted by Gasteiger charge is -1.89. The number of phenols is 1. The summed E-state index contributed by atoms with van der Waals surface area (Å²) in [6, 6.07) is 7.15. The van der Waals surface area contributed by atoms with Gasteiger partial charge in [0.1, 0.15) is 17.1 Å². The van der Waals surface area contributed by atoms with Gasteiger partial charge >= 0.3 is 0 Å². The van der Waals surface area contributed by atoms with Crippen LogP contribution in [0.5, 0.6) is 5.75 Å². The maximum Gasteiger partial charge on any atom is 0.137 e. The Morgan fingerprint density at radius 1 is 1.33 bits per heavy atom. The minimum Gasteiger partial charge on any atom is -0.508 e. The van der Waals surface area contributed by atoms with E-state index in [4.69, 9.17) is 9.52 Å². The summed E-state index contributed by atoms with van der Waals surface area (Å²) in [7, 11) is 0. The van der Waals surface area contributed by atoms with Crippen LogP contribution in [-0.4, -0.2) is 5.11 Å². The lowest BCUT2D eigenvalue weighted by Crippen LogP contribution is -1.67. The fraction of sp³-hybridized carbons (Fsp3) is 0.200. The zero-order chi connectivity index (χ0) is 8.55. The third-order valence-corrected chi connectivity index (χ3v) is 1.90. The molecule has 62 valence electrons. The maximum atomic E-state index is 9.15. The van der Waals surface area contributed by atoms with E-state index in [2.05, 4.69) is 0 Å². The third-order valence-electron chi connectivity index (χ3n) is 1.90. The number of furan rings is 1. The van der Waals surface area contributed by atoms with Crippen molar-refractivity contribution >= 4 is 11.0 Å². The Labute approximate surface area is 70.4 Å². The van der Waals surface area contributed by atoms with Gasteiger partial charge in [0.15, 0.2) is 0 Å². The first-order valence-corrected chi connectivity index (χ1v) is 4.01. The molecule has 0 unspecified atom stereocenters. The molecule has 2 rings (SSSR count). The molecule has 0 bridgehead atoms. The van der Waals surface area contributed by atoms with Crippen molar-refractivity contribution in [2.75, 3.05) is 0 Å². The number of fused-ring (bicyclic) bond motifs is 1. The maximum absolute atomic E-state index is 9.15. The van der Waals surface area contributed by atoms with Gasteiger partial charge in [-0.2, -0.15) is 0 Å². The molecule has 1 heterocycles. The number of rotatable bonds is 1. The van der Waals surface area contributed by atoms with E-state index in [0.717, 1.165) is 23.2 Å². The summed E-state index contributed by atoms with van der Waals surface area (Å²) < 4.78 is 5.44. The molecule has 0 radical (unpaired) electrons. The molecule has 1 aromatic heterocycles. The Balaban J connectivity index is 2.67. The number of aromatic hydroxyl groups is 1. The third kappa shape index (κ3) is 1.05. The number of hydrogen-bond donors (Lipinski definition) is 1. The van der Waals surface area contributed by atoms with E-state index < -0.39 is 0 Å².